The van der Waals surface area contributed by atoms with Gasteiger partial charge in [-0.1, -0.05) is 11.6 Å². The van der Waals surface area contributed by atoms with Crippen LogP contribution in [0.15, 0.2) is 41.4 Å². The zero-order valence-electron chi connectivity index (χ0n) is 13.1. The minimum absolute atomic E-state index is 0.0484. The van der Waals surface area contributed by atoms with Gasteiger partial charge in [-0.3, -0.25) is 4.72 Å². The molecule has 0 bridgehead atoms. The summed E-state index contributed by atoms with van der Waals surface area (Å²) in [7, 11) is -1.89. The van der Waals surface area contributed by atoms with Gasteiger partial charge in [0.25, 0.3) is 10.0 Å². The monoisotopic (exact) mass is 384 g/mol. The lowest BCUT2D eigenvalue weighted by Gasteiger charge is -2.11. The summed E-state index contributed by atoms with van der Waals surface area (Å²) >= 11 is 5.84. The van der Waals surface area contributed by atoms with Gasteiger partial charge in [0.1, 0.15) is 0 Å². The van der Waals surface area contributed by atoms with Crippen molar-refractivity contribution in [3.63, 3.8) is 0 Å². The first kappa shape index (κ1) is 18.7. The molecule has 0 radical (unpaired) electrons. The van der Waals surface area contributed by atoms with Crippen molar-refractivity contribution in [3.8, 4) is 0 Å². The maximum absolute atomic E-state index is 12.6. The predicted molar refractivity (Wildman–Crippen MR) is 89.2 cm³/mol. The number of nitrogens with one attached hydrogen (secondary N) is 1. The van der Waals surface area contributed by atoms with E-state index in [1.807, 2.05) is 0 Å². The van der Waals surface area contributed by atoms with Crippen LogP contribution in [0.5, 0.6) is 0 Å². The van der Waals surface area contributed by atoms with E-state index in [0.717, 1.165) is 26.4 Å². The number of hydrogen-bond acceptors (Lipinski definition) is 7. The fourth-order valence-electron chi connectivity index (χ4n) is 1.89. The number of rotatable bonds is 5. The van der Waals surface area contributed by atoms with Gasteiger partial charge in [-0.05, 0) is 30.3 Å². The van der Waals surface area contributed by atoms with E-state index in [2.05, 4.69) is 19.2 Å². The van der Waals surface area contributed by atoms with Crippen molar-refractivity contribution in [1.82, 2.24) is 4.98 Å². The van der Waals surface area contributed by atoms with Gasteiger partial charge in [0.15, 0.2) is 5.15 Å². The van der Waals surface area contributed by atoms with Crippen molar-refractivity contribution < 1.29 is 27.5 Å². The summed E-state index contributed by atoms with van der Waals surface area (Å²) < 4.78 is 36.5. The maximum Gasteiger partial charge on any atom is 0.337 e. The van der Waals surface area contributed by atoms with Crippen LogP contribution in [-0.4, -0.2) is 39.6 Å². The molecular formula is C15H13ClN2O6S. The Kier molecular flexibility index (Phi) is 5.60. The van der Waals surface area contributed by atoms with E-state index in [0.29, 0.717) is 0 Å². The van der Waals surface area contributed by atoms with Gasteiger partial charge < -0.3 is 9.47 Å². The fourth-order valence-corrected chi connectivity index (χ4v) is 3.25. The van der Waals surface area contributed by atoms with Gasteiger partial charge in [-0.25, -0.2) is 23.0 Å². The molecule has 132 valence electrons. The molecular weight excluding hydrogens is 372 g/mol. The summed E-state index contributed by atoms with van der Waals surface area (Å²) in [6.45, 7) is 0. The Morgan fingerprint density at radius 2 is 1.64 bits per heavy atom. The number of pyridine rings is 1. The van der Waals surface area contributed by atoms with Crippen LogP contribution in [0.3, 0.4) is 0 Å². The highest BCUT2D eigenvalue weighted by atomic mass is 35.5. The SMILES string of the molecule is COC(=O)c1cc(C(=O)OC)cc(S(=O)(=O)Nc2cccnc2Cl)c1. The lowest BCUT2D eigenvalue weighted by atomic mass is 10.1. The Morgan fingerprint density at radius 3 is 2.12 bits per heavy atom. The van der Waals surface area contributed by atoms with Crippen LogP contribution in [0.4, 0.5) is 5.69 Å². The summed E-state index contributed by atoms with van der Waals surface area (Å²) in [5, 5.41) is -0.0524. The van der Waals surface area contributed by atoms with Crippen LogP contribution in [0, 0.1) is 0 Å². The number of esters is 2. The number of benzene rings is 1. The summed E-state index contributed by atoms with van der Waals surface area (Å²) in [6, 6.07) is 6.23. The molecule has 0 atom stereocenters. The van der Waals surface area contributed by atoms with E-state index < -0.39 is 22.0 Å². The van der Waals surface area contributed by atoms with Crippen molar-refractivity contribution >= 4 is 39.3 Å². The number of nitrogens with zero attached hydrogens (tertiary/aromatic N) is 1. The largest absolute Gasteiger partial charge is 0.465 e. The number of anilines is 1. The Labute approximate surface area is 148 Å². The Balaban J connectivity index is 2.54. The molecule has 0 aliphatic heterocycles. The molecule has 10 heteroatoms. The molecule has 1 heterocycles. The molecule has 2 aromatic rings. The van der Waals surface area contributed by atoms with Crippen molar-refractivity contribution in [2.45, 2.75) is 4.90 Å². The zero-order valence-corrected chi connectivity index (χ0v) is 14.7. The molecule has 0 aliphatic rings. The summed E-state index contributed by atoms with van der Waals surface area (Å²) in [5.41, 5.74) is -0.196. The van der Waals surface area contributed by atoms with E-state index in [4.69, 9.17) is 11.6 Å². The van der Waals surface area contributed by atoms with E-state index >= 15 is 0 Å². The number of ether oxygens (including phenoxy) is 2. The third-order valence-electron chi connectivity index (χ3n) is 3.06. The third kappa shape index (κ3) is 4.25. The van der Waals surface area contributed by atoms with Crippen LogP contribution in [0.1, 0.15) is 20.7 Å². The number of carbonyl (C=O) groups is 2. The first-order valence-corrected chi connectivity index (χ1v) is 8.59. The van der Waals surface area contributed by atoms with E-state index in [-0.39, 0.29) is 26.9 Å². The van der Waals surface area contributed by atoms with Gasteiger partial charge in [-0.15, -0.1) is 0 Å². The van der Waals surface area contributed by atoms with E-state index in [1.165, 1.54) is 24.4 Å². The number of carbonyl (C=O) groups excluding carboxylic acids is 2. The third-order valence-corrected chi connectivity index (χ3v) is 4.71. The van der Waals surface area contributed by atoms with Crippen LogP contribution >= 0.6 is 11.6 Å². The molecule has 0 saturated heterocycles. The summed E-state index contributed by atoms with van der Waals surface area (Å²) in [4.78, 5) is 26.9. The molecule has 1 aromatic heterocycles. The van der Waals surface area contributed by atoms with Crippen LogP contribution in [-0.2, 0) is 19.5 Å². The molecule has 0 amide bonds. The normalized spacial score (nSPS) is 10.8. The topological polar surface area (TPSA) is 112 Å². The van der Waals surface area contributed by atoms with E-state index in [9.17, 15) is 18.0 Å². The highest BCUT2D eigenvalue weighted by Gasteiger charge is 2.22. The van der Waals surface area contributed by atoms with Crippen LogP contribution in [0.25, 0.3) is 0 Å². The predicted octanol–water partition coefficient (Wildman–Crippen LogP) is 2.11. The minimum Gasteiger partial charge on any atom is -0.465 e. The average Bonchev–Trinajstić information content (AvgIpc) is 2.61. The zero-order chi connectivity index (χ0) is 18.6. The van der Waals surface area contributed by atoms with Crippen molar-refractivity contribution in [1.29, 1.82) is 0 Å². The second-order valence-corrected chi connectivity index (χ2v) is 6.72. The quantitative estimate of drug-likeness (QED) is 0.620. The molecule has 0 unspecified atom stereocenters. The fraction of sp³-hybridized carbons (Fsp3) is 0.133. The molecule has 1 N–H and O–H groups in total. The first-order chi connectivity index (χ1) is 11.8. The molecule has 2 rings (SSSR count). The van der Waals surface area contributed by atoms with Gasteiger partial charge in [0.05, 0.1) is 35.9 Å². The van der Waals surface area contributed by atoms with Gasteiger partial charge in [0.2, 0.25) is 0 Å². The summed E-state index contributed by atoms with van der Waals surface area (Å²) in [6.07, 6.45) is 1.40. The lowest BCUT2D eigenvalue weighted by Crippen LogP contribution is -2.16. The summed E-state index contributed by atoms with van der Waals surface area (Å²) in [5.74, 6) is -1.61. The second-order valence-electron chi connectivity index (χ2n) is 4.68. The molecule has 1 aromatic carbocycles. The van der Waals surface area contributed by atoms with E-state index in [1.54, 1.807) is 0 Å². The molecule has 0 spiro atoms. The highest BCUT2D eigenvalue weighted by molar-refractivity contribution is 7.92. The molecule has 25 heavy (non-hydrogen) atoms. The maximum atomic E-state index is 12.6. The molecule has 8 nitrogen and oxygen atoms in total. The Hall–Kier alpha value is -2.65. The average molecular weight is 385 g/mol. The Bertz CT molecular complexity index is 895. The minimum atomic E-state index is -4.15. The first-order valence-electron chi connectivity index (χ1n) is 6.73. The van der Waals surface area contributed by atoms with Crippen LogP contribution < -0.4 is 4.72 Å². The van der Waals surface area contributed by atoms with Crippen molar-refractivity contribution in [2.75, 3.05) is 18.9 Å². The van der Waals surface area contributed by atoms with Crippen molar-refractivity contribution in [3.05, 3.63) is 52.8 Å². The molecule has 0 fully saturated rings. The smallest absolute Gasteiger partial charge is 0.337 e. The second kappa shape index (κ2) is 7.49. The lowest BCUT2D eigenvalue weighted by molar-refractivity contribution is 0.0598. The van der Waals surface area contributed by atoms with Gasteiger partial charge in [-0.2, -0.15) is 0 Å². The number of sulfonamides is 1. The molecule has 0 aliphatic carbocycles. The highest BCUT2D eigenvalue weighted by Crippen LogP contribution is 2.24. The van der Waals surface area contributed by atoms with Crippen molar-refractivity contribution in [2.24, 2.45) is 0 Å². The number of methoxy groups -OCH3 is 2. The standard InChI is InChI=1S/C15H13ClN2O6S/c1-23-14(19)9-6-10(15(20)24-2)8-11(7-9)25(21,22)18-12-4-3-5-17-13(12)16/h3-8,18H,1-2H3. The number of aromatic nitrogens is 1. The van der Waals surface area contributed by atoms with Gasteiger partial charge in [0, 0.05) is 6.20 Å². The Morgan fingerprint density at radius 1 is 1.08 bits per heavy atom. The number of halogens is 1. The van der Waals surface area contributed by atoms with Crippen LogP contribution in [0.2, 0.25) is 5.15 Å². The number of hydrogen-bond donors (Lipinski definition) is 1. The van der Waals surface area contributed by atoms with Gasteiger partial charge >= 0.3 is 11.9 Å². The molecule has 0 saturated carbocycles.